The molecule has 0 heterocycles. The normalized spacial score (nSPS) is 41.4. The van der Waals surface area contributed by atoms with Crippen LogP contribution >= 0.6 is 0 Å². The number of carboxylic acids is 1. The van der Waals surface area contributed by atoms with E-state index in [2.05, 4.69) is 20.8 Å². The molecule has 33 heavy (non-hydrogen) atoms. The highest BCUT2D eigenvalue weighted by atomic mass is 19.1. The predicted molar refractivity (Wildman–Crippen MR) is 120 cm³/mol. The summed E-state index contributed by atoms with van der Waals surface area (Å²) in [6.07, 6.45) is 7.28. The zero-order valence-corrected chi connectivity index (χ0v) is 20.4. The molecule has 3 fully saturated rings. The van der Waals surface area contributed by atoms with Crippen molar-refractivity contribution in [1.82, 2.24) is 0 Å². The Morgan fingerprint density at radius 1 is 1.12 bits per heavy atom. The first-order valence-corrected chi connectivity index (χ1v) is 12.1. The van der Waals surface area contributed by atoms with Gasteiger partial charge in [-0.2, -0.15) is 0 Å². The van der Waals surface area contributed by atoms with Crippen LogP contribution in [0.5, 0.6) is 0 Å². The van der Waals surface area contributed by atoms with Gasteiger partial charge >= 0.3 is 5.97 Å². The van der Waals surface area contributed by atoms with E-state index in [1.807, 2.05) is 6.08 Å². The van der Waals surface area contributed by atoms with Gasteiger partial charge in [0.2, 0.25) is 5.78 Å². The molecule has 7 heteroatoms. The Hall–Kier alpha value is -2.05. The Labute approximate surface area is 195 Å². The minimum Gasteiger partial charge on any atom is -0.481 e. The topological polar surface area (TPSA) is 97.7 Å². The van der Waals surface area contributed by atoms with Gasteiger partial charge in [0, 0.05) is 25.7 Å². The molecule has 0 aromatic carbocycles. The first-order valence-electron chi connectivity index (χ1n) is 12.1. The van der Waals surface area contributed by atoms with Gasteiger partial charge in [-0.15, -0.1) is 0 Å². The summed E-state index contributed by atoms with van der Waals surface area (Å²) in [5.41, 5.74) is -0.520. The summed E-state index contributed by atoms with van der Waals surface area (Å²) < 4.78 is 19.3. The first kappa shape index (κ1) is 25.6. The third-order valence-corrected chi connectivity index (χ3v) is 9.29. The van der Waals surface area contributed by atoms with Gasteiger partial charge in [0.15, 0.2) is 18.1 Å². The average molecular weight is 465 g/mol. The molecule has 0 aromatic rings. The van der Waals surface area contributed by atoms with Gasteiger partial charge in [0.25, 0.3) is 5.97 Å². The zero-order valence-electron chi connectivity index (χ0n) is 20.4. The molecule has 4 aliphatic carbocycles. The number of esters is 1. The van der Waals surface area contributed by atoms with Gasteiger partial charge < -0.3 is 9.84 Å². The van der Waals surface area contributed by atoms with E-state index in [4.69, 9.17) is 14.6 Å². The quantitative estimate of drug-likeness (QED) is 0.608. The number of aliphatic carboxylic acids is 1. The van der Waals surface area contributed by atoms with Crippen molar-refractivity contribution in [2.45, 2.75) is 85.2 Å². The van der Waals surface area contributed by atoms with Gasteiger partial charge in [-0.1, -0.05) is 26.3 Å². The maximum atomic E-state index is 13.6. The maximum Gasteiger partial charge on any atom is 0.303 e. The summed E-state index contributed by atoms with van der Waals surface area (Å²) >= 11 is 0. The fraction of sp³-hybridized carbons (Fsp3) is 0.769. The van der Waals surface area contributed by atoms with Crippen LogP contribution < -0.4 is 0 Å². The second kappa shape index (κ2) is 8.95. The summed E-state index contributed by atoms with van der Waals surface area (Å²) in [7, 11) is 0. The lowest BCUT2D eigenvalue weighted by Gasteiger charge is -2.60. The summed E-state index contributed by atoms with van der Waals surface area (Å²) in [5, 5.41) is 7.42. The number of carboxylic acid groups (broad SMARTS) is 1. The number of ether oxygens (including phenoxy) is 1. The van der Waals surface area contributed by atoms with Crippen LogP contribution in [0, 0.1) is 34.5 Å². The van der Waals surface area contributed by atoms with Gasteiger partial charge in [-0.3, -0.25) is 19.2 Å². The summed E-state index contributed by atoms with van der Waals surface area (Å²) in [4.78, 5) is 45.8. The minimum atomic E-state index is -1.33. The molecule has 0 amide bonds. The van der Waals surface area contributed by atoms with Crippen LogP contribution in [0.1, 0.15) is 79.6 Å². The number of hydrogen-bond acceptors (Lipinski definition) is 5. The van der Waals surface area contributed by atoms with Crippen molar-refractivity contribution in [3.63, 3.8) is 0 Å². The molecule has 0 saturated heterocycles. The highest BCUT2D eigenvalue weighted by molar-refractivity contribution is 5.92. The number of allylic oxidation sites excluding steroid dienone is 1. The van der Waals surface area contributed by atoms with Crippen molar-refractivity contribution in [1.29, 1.82) is 0 Å². The van der Waals surface area contributed by atoms with Crippen molar-refractivity contribution in [3.05, 3.63) is 11.6 Å². The lowest BCUT2D eigenvalue weighted by Crippen LogP contribution is -2.60. The monoisotopic (exact) mass is 464 g/mol. The molecule has 3 saturated carbocycles. The Bertz CT molecular complexity index is 876. The molecule has 0 radical (unpaired) electrons. The molecule has 0 unspecified atom stereocenters. The molecule has 4 rings (SSSR count). The third-order valence-electron chi connectivity index (χ3n) is 9.29. The second-order valence-electron chi connectivity index (χ2n) is 11.0. The number of hydrogen-bond donors (Lipinski definition) is 1. The number of carbonyl (C=O) groups is 4. The van der Waals surface area contributed by atoms with Crippen LogP contribution in [0.4, 0.5) is 4.39 Å². The predicted octanol–water partition coefficient (Wildman–Crippen LogP) is 4.70. The highest BCUT2D eigenvalue weighted by Crippen LogP contribution is 2.69. The van der Waals surface area contributed by atoms with Crippen molar-refractivity contribution >= 4 is 23.5 Å². The lowest BCUT2D eigenvalue weighted by atomic mass is 9.44. The molecular formula is C26H37FO6. The number of alkyl halides is 1. The van der Waals surface area contributed by atoms with Crippen molar-refractivity contribution in [3.8, 4) is 0 Å². The Kier molecular flexibility index (Phi) is 6.94. The highest BCUT2D eigenvalue weighted by Gasteiger charge is 2.68. The van der Waals surface area contributed by atoms with Crippen LogP contribution in [0.3, 0.4) is 0 Å². The molecule has 4 aliphatic rings. The van der Waals surface area contributed by atoms with Gasteiger partial charge in [-0.25, -0.2) is 4.39 Å². The van der Waals surface area contributed by atoms with Crippen molar-refractivity contribution in [2.24, 2.45) is 34.5 Å². The van der Waals surface area contributed by atoms with Crippen LogP contribution in [0.25, 0.3) is 0 Å². The van der Waals surface area contributed by atoms with Crippen LogP contribution in [-0.2, 0) is 23.9 Å². The maximum absolute atomic E-state index is 13.6. The summed E-state index contributed by atoms with van der Waals surface area (Å²) in [5.74, 6) is -0.241. The molecule has 0 bridgehead atoms. The molecule has 0 spiro atoms. The number of ketones is 2. The van der Waals surface area contributed by atoms with Gasteiger partial charge in [0.05, 0.1) is 0 Å². The van der Waals surface area contributed by atoms with E-state index < -0.39 is 35.4 Å². The van der Waals surface area contributed by atoms with E-state index in [9.17, 15) is 18.8 Å². The lowest BCUT2D eigenvalue weighted by molar-refractivity contribution is -0.189. The fourth-order valence-electron chi connectivity index (χ4n) is 8.02. The van der Waals surface area contributed by atoms with E-state index in [0.29, 0.717) is 30.6 Å². The molecule has 1 N–H and O–H groups in total. The Balaban J connectivity index is 0.000000709. The van der Waals surface area contributed by atoms with E-state index >= 15 is 0 Å². The molecule has 7 atom stereocenters. The first-order chi connectivity index (χ1) is 15.3. The number of rotatable bonds is 3. The smallest absolute Gasteiger partial charge is 0.303 e. The van der Waals surface area contributed by atoms with Crippen LogP contribution in [0.2, 0.25) is 0 Å². The molecule has 184 valence electrons. The van der Waals surface area contributed by atoms with Crippen LogP contribution in [0.15, 0.2) is 11.6 Å². The van der Waals surface area contributed by atoms with Crippen molar-refractivity contribution in [2.75, 3.05) is 6.67 Å². The molecule has 0 aromatic heterocycles. The average Bonchev–Trinajstić information content (AvgIpc) is 3.01. The zero-order chi connectivity index (χ0) is 24.8. The van der Waals surface area contributed by atoms with Gasteiger partial charge in [-0.05, 0) is 73.7 Å². The number of carbonyl (C=O) groups excluding carboxylic acids is 3. The summed E-state index contributed by atoms with van der Waals surface area (Å²) in [6.45, 7) is 7.90. The van der Waals surface area contributed by atoms with E-state index in [1.165, 1.54) is 12.5 Å². The Morgan fingerprint density at radius 3 is 2.30 bits per heavy atom. The number of fused-ring (bicyclic) bond motifs is 5. The molecule has 0 aliphatic heterocycles. The van der Waals surface area contributed by atoms with E-state index in [-0.39, 0.29) is 17.1 Å². The minimum absolute atomic E-state index is 0.0222. The standard InChI is InChI=1S/C24H33FO4.C2H4O2/c1-14-11-17-18(22(3)8-5-16(27)12-20(14)22)6-9-23(4)19(17)7-10-24(23,21(28)13-25)29-15(2)26;1-2(3)4/h12,14,17-19H,5-11,13H2,1-4H3;1H3,(H,3,4)/t14-,17+,18-,19-,22+,23-,24-;/m0./s1. The Morgan fingerprint density at radius 2 is 1.73 bits per heavy atom. The van der Waals surface area contributed by atoms with Crippen LogP contribution in [-0.4, -0.2) is 40.9 Å². The largest absolute Gasteiger partial charge is 0.481 e. The molecular weight excluding hydrogens is 427 g/mol. The van der Waals surface area contributed by atoms with Gasteiger partial charge in [0.1, 0.15) is 0 Å². The van der Waals surface area contributed by atoms with E-state index in [0.717, 1.165) is 39.0 Å². The fourth-order valence-corrected chi connectivity index (χ4v) is 8.02. The van der Waals surface area contributed by atoms with Crippen molar-refractivity contribution < 1.29 is 33.4 Å². The molecule has 6 nitrogen and oxygen atoms in total. The summed E-state index contributed by atoms with van der Waals surface area (Å²) in [6, 6.07) is 0. The third kappa shape index (κ3) is 4.06. The second-order valence-corrected chi connectivity index (χ2v) is 11.0. The SMILES string of the molecule is CC(=O)O.CC(=O)O[C@]1(C(=O)CF)CC[C@H]2[C@@H]3C[C@H](C)C4=CC(=O)CC[C@]4(C)[C@H]3CC[C@@]21C. The number of Topliss-reactive ketones (excluding diaryl/α,β-unsaturated/α-hetero) is 1. The van der Waals surface area contributed by atoms with E-state index in [1.54, 1.807) is 0 Å². The number of halogens is 1.